The third-order valence-electron chi connectivity index (χ3n) is 5.35. The molecule has 0 atom stereocenters. The van der Waals surface area contributed by atoms with Gasteiger partial charge in [-0.05, 0) is 93.1 Å². The molecule has 3 aromatic carbocycles. The van der Waals surface area contributed by atoms with Crippen molar-refractivity contribution in [3.8, 4) is 5.75 Å². The van der Waals surface area contributed by atoms with E-state index in [0.717, 1.165) is 47.2 Å². The van der Waals surface area contributed by atoms with Crippen LogP contribution < -0.4 is 9.64 Å². The van der Waals surface area contributed by atoms with Crippen LogP contribution in [0.2, 0.25) is 0 Å². The van der Waals surface area contributed by atoms with E-state index in [-0.39, 0.29) is 0 Å². The van der Waals surface area contributed by atoms with Crippen LogP contribution in [-0.2, 0) is 6.42 Å². The van der Waals surface area contributed by atoms with Gasteiger partial charge in [-0.1, -0.05) is 0 Å². The molecule has 0 N–H and O–H groups in total. The van der Waals surface area contributed by atoms with E-state index >= 15 is 0 Å². The molecule has 0 fully saturated rings. The summed E-state index contributed by atoms with van der Waals surface area (Å²) >= 11 is 0. The lowest BCUT2D eigenvalue weighted by molar-refractivity contribution is 0.340. The number of benzene rings is 3. The van der Waals surface area contributed by atoms with Gasteiger partial charge < -0.3 is 9.64 Å². The van der Waals surface area contributed by atoms with E-state index in [9.17, 15) is 0 Å². The minimum atomic E-state index is 0.644. The maximum atomic E-state index is 5.56. The van der Waals surface area contributed by atoms with Crippen LogP contribution in [0.15, 0.2) is 92.2 Å². The Morgan fingerprint density at radius 1 is 0.758 bits per heavy atom. The average Bonchev–Trinajstić information content (AvgIpc) is 3.26. The summed E-state index contributed by atoms with van der Waals surface area (Å²) in [4.78, 5) is 6.83. The molecular weight excluding hydrogens is 412 g/mol. The highest BCUT2D eigenvalue weighted by Crippen LogP contribution is 2.31. The fraction of sp³-hybridized carbons (Fsp3) is 0.269. The van der Waals surface area contributed by atoms with Crippen LogP contribution in [0.1, 0.15) is 26.3 Å². The molecule has 1 aliphatic heterocycles. The predicted octanol–water partition coefficient (Wildman–Crippen LogP) is 7.72. The summed E-state index contributed by atoms with van der Waals surface area (Å²) in [6.07, 6.45) is 0.652. The van der Waals surface area contributed by atoms with Gasteiger partial charge in [0.1, 0.15) is 5.75 Å². The monoisotopic (exact) mass is 440 g/mol. The van der Waals surface area contributed by atoms with Crippen molar-refractivity contribution < 1.29 is 4.74 Å². The van der Waals surface area contributed by atoms with Crippen molar-refractivity contribution >= 4 is 34.3 Å². The fourth-order valence-electron chi connectivity index (χ4n) is 3.61. The second-order valence-electron chi connectivity index (χ2n) is 7.53. The van der Waals surface area contributed by atoms with Crippen molar-refractivity contribution in [1.29, 1.82) is 0 Å². The summed E-state index contributed by atoms with van der Waals surface area (Å²) in [5.41, 5.74) is 5.55. The second-order valence-corrected chi connectivity index (χ2v) is 7.53. The van der Waals surface area contributed by atoms with E-state index in [4.69, 9.17) is 4.74 Å². The number of anilines is 1. The van der Waals surface area contributed by atoms with Crippen LogP contribution in [0.4, 0.5) is 28.4 Å². The van der Waals surface area contributed by atoms with Crippen LogP contribution in [0.5, 0.6) is 5.75 Å². The molecule has 0 unspecified atom stereocenters. The molecule has 33 heavy (non-hydrogen) atoms. The first kappa shape index (κ1) is 22.3. The zero-order valence-corrected chi connectivity index (χ0v) is 19.3. The lowest BCUT2D eigenvalue weighted by atomic mass is 10.1. The van der Waals surface area contributed by atoms with E-state index in [1.165, 1.54) is 5.69 Å². The van der Waals surface area contributed by atoms with Crippen LogP contribution >= 0.6 is 0 Å². The van der Waals surface area contributed by atoms with E-state index < -0.39 is 0 Å². The quantitative estimate of drug-likeness (QED) is 0.336. The third-order valence-corrected chi connectivity index (χ3v) is 5.35. The summed E-state index contributed by atoms with van der Waals surface area (Å²) < 4.78 is 5.56. The van der Waals surface area contributed by atoms with E-state index in [2.05, 4.69) is 56.3 Å². The first-order valence-electron chi connectivity index (χ1n) is 11.3. The molecule has 1 aliphatic rings. The Morgan fingerprint density at radius 2 is 1.33 bits per heavy atom. The molecule has 0 bridgehead atoms. The summed E-state index contributed by atoms with van der Waals surface area (Å²) in [6, 6.07) is 21.5. The molecular formula is C26H28N6O. The van der Waals surface area contributed by atoms with E-state index in [0.29, 0.717) is 18.9 Å². The Morgan fingerprint density at radius 3 is 1.91 bits per heavy atom. The molecule has 7 heteroatoms. The van der Waals surface area contributed by atoms with Crippen molar-refractivity contribution in [2.75, 3.05) is 24.6 Å². The number of rotatable bonds is 8. The van der Waals surface area contributed by atoms with Gasteiger partial charge in [-0.15, -0.1) is 10.2 Å². The largest absolute Gasteiger partial charge is 0.494 e. The molecule has 4 rings (SSSR count). The topological polar surface area (TPSA) is 74.3 Å². The van der Waals surface area contributed by atoms with Gasteiger partial charge in [-0.3, -0.25) is 0 Å². The number of amidine groups is 1. The molecule has 3 aromatic rings. The standard InChI is InChI=1S/C26H28N6O/c1-4-32(5-2)23-13-11-22(12-14-23)29-28-20-7-9-21(10-8-20)30-31-26-18-19-17-24(33-6-3)15-16-25(19)27-26/h7-17H,4-6,18H2,1-3H3. The Bertz CT molecular complexity index is 1160. The van der Waals surface area contributed by atoms with Crippen molar-refractivity contribution in [3.63, 3.8) is 0 Å². The van der Waals surface area contributed by atoms with Gasteiger partial charge >= 0.3 is 0 Å². The second kappa shape index (κ2) is 10.6. The number of fused-ring (bicyclic) bond motifs is 1. The molecule has 7 nitrogen and oxygen atoms in total. The summed E-state index contributed by atoms with van der Waals surface area (Å²) in [5.74, 6) is 1.55. The van der Waals surface area contributed by atoms with Crippen molar-refractivity contribution in [1.82, 2.24) is 0 Å². The number of aliphatic imine (C=N–C) groups is 1. The Hall–Kier alpha value is -3.87. The van der Waals surface area contributed by atoms with Crippen LogP contribution in [0.3, 0.4) is 0 Å². The minimum absolute atomic E-state index is 0.644. The van der Waals surface area contributed by atoms with Gasteiger partial charge in [0.15, 0.2) is 5.84 Å². The smallest absolute Gasteiger partial charge is 0.156 e. The number of nitrogens with zero attached hydrogens (tertiary/aromatic N) is 6. The number of hydrogen-bond acceptors (Lipinski definition) is 7. The number of ether oxygens (including phenoxy) is 1. The lowest BCUT2D eigenvalue weighted by Gasteiger charge is -2.20. The lowest BCUT2D eigenvalue weighted by Crippen LogP contribution is -2.21. The maximum absolute atomic E-state index is 5.56. The zero-order valence-electron chi connectivity index (χ0n) is 19.3. The van der Waals surface area contributed by atoms with Crippen molar-refractivity contribution in [3.05, 3.63) is 72.3 Å². The predicted molar refractivity (Wildman–Crippen MR) is 134 cm³/mol. The highest BCUT2D eigenvalue weighted by atomic mass is 16.5. The van der Waals surface area contributed by atoms with Crippen LogP contribution in [-0.4, -0.2) is 25.5 Å². The molecule has 0 radical (unpaired) electrons. The first-order valence-corrected chi connectivity index (χ1v) is 11.3. The molecule has 0 amide bonds. The van der Waals surface area contributed by atoms with Gasteiger partial charge in [0.2, 0.25) is 0 Å². The highest BCUT2D eigenvalue weighted by Gasteiger charge is 2.15. The molecule has 0 aliphatic carbocycles. The SMILES string of the molecule is CCOc1ccc2c(c1)CC(N=Nc1ccc(N=Nc3ccc(N(CC)CC)cc3)cc1)=N2. The molecule has 0 saturated carbocycles. The van der Waals surface area contributed by atoms with Gasteiger partial charge in [0, 0.05) is 25.2 Å². The van der Waals surface area contributed by atoms with Crippen LogP contribution in [0.25, 0.3) is 0 Å². The maximum Gasteiger partial charge on any atom is 0.156 e. The van der Waals surface area contributed by atoms with E-state index in [1.807, 2.05) is 61.5 Å². The molecule has 168 valence electrons. The summed E-state index contributed by atoms with van der Waals surface area (Å²) in [5, 5.41) is 17.3. The molecule has 0 saturated heterocycles. The number of hydrogen-bond donors (Lipinski definition) is 0. The minimum Gasteiger partial charge on any atom is -0.494 e. The summed E-state index contributed by atoms with van der Waals surface area (Å²) in [6.45, 7) is 8.88. The average molecular weight is 441 g/mol. The third kappa shape index (κ3) is 5.68. The first-order chi connectivity index (χ1) is 16.2. The Kier molecular flexibility index (Phi) is 7.19. The zero-order chi connectivity index (χ0) is 23.0. The van der Waals surface area contributed by atoms with E-state index in [1.54, 1.807) is 0 Å². The highest BCUT2D eigenvalue weighted by molar-refractivity contribution is 5.92. The molecule has 0 spiro atoms. The van der Waals surface area contributed by atoms with Gasteiger partial charge in [-0.2, -0.15) is 10.2 Å². The molecule has 1 heterocycles. The number of azo groups is 2. The molecule has 0 aromatic heterocycles. The van der Waals surface area contributed by atoms with Gasteiger partial charge in [0.25, 0.3) is 0 Å². The normalized spacial score (nSPS) is 12.9. The Labute approximate surface area is 194 Å². The summed E-state index contributed by atoms with van der Waals surface area (Å²) in [7, 11) is 0. The van der Waals surface area contributed by atoms with Crippen molar-refractivity contribution in [2.24, 2.45) is 25.4 Å². The Balaban J connectivity index is 1.35. The van der Waals surface area contributed by atoms with Crippen LogP contribution in [0, 0.1) is 0 Å². The fourth-order valence-corrected chi connectivity index (χ4v) is 3.61. The van der Waals surface area contributed by atoms with Gasteiger partial charge in [-0.25, -0.2) is 4.99 Å². The van der Waals surface area contributed by atoms with Gasteiger partial charge in [0.05, 0.1) is 29.4 Å². The van der Waals surface area contributed by atoms with Crippen molar-refractivity contribution in [2.45, 2.75) is 27.2 Å².